The minimum atomic E-state index is -0.0854. The Kier molecular flexibility index (Phi) is 5.97. The predicted molar refractivity (Wildman–Crippen MR) is 143 cm³/mol. The van der Waals surface area contributed by atoms with Crippen molar-refractivity contribution in [2.75, 3.05) is 36.4 Å². The summed E-state index contributed by atoms with van der Waals surface area (Å²) in [5.74, 6) is 2.15. The Labute approximate surface area is 218 Å². The van der Waals surface area contributed by atoms with E-state index in [9.17, 15) is 4.79 Å². The molecule has 9 nitrogen and oxygen atoms in total. The summed E-state index contributed by atoms with van der Waals surface area (Å²) in [7, 11) is 0. The van der Waals surface area contributed by atoms with Gasteiger partial charge in [-0.1, -0.05) is 41.9 Å². The van der Waals surface area contributed by atoms with Crippen molar-refractivity contribution in [2.24, 2.45) is 0 Å². The summed E-state index contributed by atoms with van der Waals surface area (Å²) in [6, 6.07) is 21.0. The van der Waals surface area contributed by atoms with Gasteiger partial charge in [-0.05, 0) is 37.3 Å². The Bertz CT molecular complexity index is 1560. The maximum absolute atomic E-state index is 12.6. The van der Waals surface area contributed by atoms with Gasteiger partial charge in [0.1, 0.15) is 5.82 Å². The molecule has 0 saturated carbocycles. The number of nitrogens with one attached hydrogen (secondary N) is 1. The van der Waals surface area contributed by atoms with Crippen molar-refractivity contribution in [1.82, 2.24) is 24.5 Å². The quantitative estimate of drug-likeness (QED) is 0.351. The highest BCUT2D eigenvalue weighted by Gasteiger charge is 2.25. The van der Waals surface area contributed by atoms with E-state index in [0.717, 1.165) is 28.5 Å². The summed E-state index contributed by atoms with van der Waals surface area (Å²) in [5, 5.41) is 8.72. The van der Waals surface area contributed by atoms with Crippen molar-refractivity contribution in [2.45, 2.75) is 6.92 Å². The van der Waals surface area contributed by atoms with Crippen LogP contribution in [0.25, 0.3) is 17.2 Å². The summed E-state index contributed by atoms with van der Waals surface area (Å²) in [4.78, 5) is 25.7. The summed E-state index contributed by atoms with van der Waals surface area (Å²) in [6.45, 7) is 4.49. The zero-order valence-electron chi connectivity index (χ0n) is 20.1. The minimum absolute atomic E-state index is 0.0854. The molecule has 0 atom stereocenters. The lowest BCUT2D eigenvalue weighted by Gasteiger charge is -2.36. The average molecular weight is 514 g/mol. The maximum Gasteiger partial charge on any atom is 0.289 e. The molecule has 10 heteroatoms. The van der Waals surface area contributed by atoms with Crippen LogP contribution < -0.4 is 10.2 Å². The van der Waals surface area contributed by atoms with Crippen LogP contribution in [0.5, 0.6) is 0 Å². The molecular weight excluding hydrogens is 490 g/mol. The summed E-state index contributed by atoms with van der Waals surface area (Å²) < 4.78 is 6.95. The fourth-order valence-electron chi connectivity index (χ4n) is 4.48. The van der Waals surface area contributed by atoms with Gasteiger partial charge in [-0.15, -0.1) is 5.10 Å². The average Bonchev–Trinajstić information content (AvgIpc) is 3.60. The van der Waals surface area contributed by atoms with Crippen LogP contribution in [0.1, 0.15) is 16.2 Å². The monoisotopic (exact) mass is 513 g/mol. The Hall–Kier alpha value is -4.37. The number of hydrogen-bond donors (Lipinski definition) is 1. The number of carbonyl (C=O) groups is 1. The third-order valence-corrected chi connectivity index (χ3v) is 6.63. The van der Waals surface area contributed by atoms with Crippen LogP contribution in [0.4, 0.5) is 17.2 Å². The molecule has 1 N–H and O–H groups in total. The molecule has 1 fully saturated rings. The molecule has 6 rings (SSSR count). The van der Waals surface area contributed by atoms with Gasteiger partial charge in [0.05, 0.1) is 17.0 Å². The molecule has 1 saturated heterocycles. The molecule has 0 unspecified atom stereocenters. The summed E-state index contributed by atoms with van der Waals surface area (Å²) >= 11 is 6.72. The van der Waals surface area contributed by atoms with Gasteiger partial charge >= 0.3 is 0 Å². The number of amides is 1. The molecule has 37 heavy (non-hydrogen) atoms. The molecule has 186 valence electrons. The van der Waals surface area contributed by atoms with Crippen LogP contribution in [0, 0.1) is 6.92 Å². The van der Waals surface area contributed by atoms with Crippen molar-refractivity contribution in [3.8, 4) is 11.4 Å². The molecule has 1 amide bonds. The van der Waals surface area contributed by atoms with E-state index in [1.165, 1.54) is 6.26 Å². The molecule has 1 aliphatic rings. The van der Waals surface area contributed by atoms with Crippen molar-refractivity contribution in [1.29, 1.82) is 0 Å². The predicted octanol–water partition coefficient (Wildman–Crippen LogP) is 5.05. The Morgan fingerprint density at radius 3 is 2.51 bits per heavy atom. The lowest BCUT2D eigenvalue weighted by Crippen LogP contribution is -2.48. The molecule has 2 aromatic carbocycles. The van der Waals surface area contributed by atoms with Crippen LogP contribution in [0.2, 0.25) is 5.02 Å². The number of carbonyl (C=O) groups excluding carboxylic acids is 1. The SMILES string of the molecule is Cc1cc(Nc2ccc(N3CCN(C(=O)c4ccco4)CC3)c(Cl)c2)n2nc(-c3ccccc3)nc2n1. The highest BCUT2D eigenvalue weighted by atomic mass is 35.5. The molecule has 1 aliphatic heterocycles. The number of aromatic nitrogens is 4. The number of rotatable bonds is 5. The van der Waals surface area contributed by atoms with Gasteiger partial charge in [0, 0.05) is 49.2 Å². The second-order valence-electron chi connectivity index (χ2n) is 8.84. The molecular formula is C27H24ClN7O2. The molecule has 0 spiro atoms. The number of aryl methyl sites for hydroxylation is 1. The van der Waals surface area contributed by atoms with Crippen LogP contribution >= 0.6 is 11.6 Å². The summed E-state index contributed by atoms with van der Waals surface area (Å²) in [6.07, 6.45) is 1.52. The lowest BCUT2D eigenvalue weighted by atomic mass is 10.2. The second-order valence-corrected chi connectivity index (χ2v) is 9.25. The topological polar surface area (TPSA) is 91.8 Å². The van der Waals surface area contributed by atoms with E-state index >= 15 is 0 Å². The zero-order chi connectivity index (χ0) is 25.4. The van der Waals surface area contributed by atoms with E-state index in [1.54, 1.807) is 21.5 Å². The number of anilines is 3. The van der Waals surface area contributed by atoms with E-state index in [1.807, 2.05) is 61.5 Å². The van der Waals surface area contributed by atoms with Gasteiger partial charge in [0.15, 0.2) is 11.6 Å². The van der Waals surface area contributed by atoms with E-state index in [-0.39, 0.29) is 5.91 Å². The largest absolute Gasteiger partial charge is 0.459 e. The van der Waals surface area contributed by atoms with Crippen molar-refractivity contribution >= 4 is 40.5 Å². The van der Waals surface area contributed by atoms with Gasteiger partial charge < -0.3 is 19.5 Å². The van der Waals surface area contributed by atoms with Gasteiger partial charge in [0.2, 0.25) is 0 Å². The van der Waals surface area contributed by atoms with Crippen LogP contribution in [0.15, 0.2) is 77.4 Å². The third kappa shape index (κ3) is 4.61. The molecule has 5 aromatic rings. The van der Waals surface area contributed by atoms with E-state index in [0.29, 0.717) is 48.6 Å². The number of halogens is 1. The second kappa shape index (κ2) is 9.59. The fraction of sp³-hybridized carbons (Fsp3) is 0.185. The van der Waals surface area contributed by atoms with Crippen LogP contribution in [-0.4, -0.2) is 56.6 Å². The lowest BCUT2D eigenvalue weighted by molar-refractivity contribution is 0.0714. The molecule has 3 aromatic heterocycles. The Balaban J connectivity index is 1.19. The summed E-state index contributed by atoms with van der Waals surface area (Å²) in [5.41, 5.74) is 3.51. The van der Waals surface area contributed by atoms with Crippen LogP contribution in [-0.2, 0) is 0 Å². The molecule has 0 radical (unpaired) electrons. The number of furan rings is 1. The first-order valence-corrected chi connectivity index (χ1v) is 12.4. The minimum Gasteiger partial charge on any atom is -0.459 e. The van der Waals surface area contributed by atoms with E-state index in [4.69, 9.17) is 16.0 Å². The van der Waals surface area contributed by atoms with E-state index in [2.05, 4.69) is 25.3 Å². The van der Waals surface area contributed by atoms with Gasteiger partial charge in [-0.3, -0.25) is 4.79 Å². The third-order valence-electron chi connectivity index (χ3n) is 6.33. The van der Waals surface area contributed by atoms with Gasteiger partial charge in [-0.25, -0.2) is 4.98 Å². The smallest absolute Gasteiger partial charge is 0.289 e. The number of fused-ring (bicyclic) bond motifs is 1. The highest BCUT2D eigenvalue weighted by molar-refractivity contribution is 6.33. The van der Waals surface area contributed by atoms with E-state index < -0.39 is 0 Å². The Morgan fingerprint density at radius 2 is 1.78 bits per heavy atom. The van der Waals surface area contributed by atoms with Gasteiger partial charge in [0.25, 0.3) is 11.7 Å². The molecule has 0 bridgehead atoms. The van der Waals surface area contributed by atoms with Crippen LogP contribution in [0.3, 0.4) is 0 Å². The number of benzene rings is 2. The normalized spacial score (nSPS) is 13.8. The number of nitrogens with zero attached hydrogens (tertiary/aromatic N) is 6. The van der Waals surface area contributed by atoms with Crippen molar-refractivity contribution in [3.63, 3.8) is 0 Å². The van der Waals surface area contributed by atoms with Crippen molar-refractivity contribution in [3.05, 3.63) is 89.5 Å². The highest BCUT2D eigenvalue weighted by Crippen LogP contribution is 2.31. The number of hydrogen-bond acceptors (Lipinski definition) is 7. The Morgan fingerprint density at radius 1 is 0.973 bits per heavy atom. The first kappa shape index (κ1) is 23.1. The standard InChI is InChI=1S/C27H24ClN7O2/c1-18-16-24(35-27(29-18)31-25(32-35)19-6-3-2-4-7-19)30-20-9-10-22(21(28)17-20)33-11-13-34(14-12-33)26(36)23-8-5-15-37-23/h2-10,15-17,30H,11-14H2,1H3. The first-order chi connectivity index (χ1) is 18.0. The number of piperazine rings is 1. The van der Waals surface area contributed by atoms with Crippen molar-refractivity contribution < 1.29 is 9.21 Å². The molecule has 4 heterocycles. The maximum atomic E-state index is 12.6. The fourth-order valence-corrected chi connectivity index (χ4v) is 4.78. The molecule has 0 aliphatic carbocycles. The van der Waals surface area contributed by atoms with Gasteiger partial charge in [-0.2, -0.15) is 9.50 Å². The first-order valence-electron chi connectivity index (χ1n) is 12.0. The zero-order valence-corrected chi connectivity index (χ0v) is 20.9.